The number of hydrogen-bond donors (Lipinski definition) is 4. The highest BCUT2D eigenvalue weighted by Crippen LogP contribution is 2.07. The van der Waals surface area contributed by atoms with Crippen molar-refractivity contribution >= 4 is 5.91 Å². The van der Waals surface area contributed by atoms with E-state index < -0.39 is 30.8 Å². The van der Waals surface area contributed by atoms with E-state index in [-0.39, 0.29) is 0 Å². The van der Waals surface area contributed by atoms with Crippen molar-refractivity contribution in [1.29, 1.82) is 0 Å². The minimum Gasteiger partial charge on any atom is -0.394 e. The first kappa shape index (κ1) is 35.3. The van der Waals surface area contributed by atoms with Gasteiger partial charge in [0.1, 0.15) is 6.10 Å². The summed E-state index contributed by atoms with van der Waals surface area (Å²) in [4.78, 5) is 12.2. The number of aliphatic hydroxyl groups is 3. The lowest BCUT2D eigenvalue weighted by Crippen LogP contribution is -2.48. The summed E-state index contributed by atoms with van der Waals surface area (Å²) in [5.41, 5.74) is 0. The number of unbranched alkanes of at least 4 members (excludes halogenated alkanes) is 11. The van der Waals surface area contributed by atoms with E-state index in [4.69, 9.17) is 0 Å². The fraction of sp³-hybridized carbons (Fsp3) is 0.719. The largest absolute Gasteiger partial charge is 0.394 e. The number of amides is 1. The van der Waals surface area contributed by atoms with Gasteiger partial charge in [-0.3, -0.25) is 4.79 Å². The molecular formula is C32H57NO4. The van der Waals surface area contributed by atoms with Crippen molar-refractivity contribution < 1.29 is 20.1 Å². The Morgan fingerprint density at radius 3 is 1.65 bits per heavy atom. The van der Waals surface area contributed by atoms with Crippen molar-refractivity contribution in [2.75, 3.05) is 6.61 Å². The normalized spacial score (nSPS) is 14.8. The maximum Gasteiger partial charge on any atom is 0.249 e. The van der Waals surface area contributed by atoms with Gasteiger partial charge in [0.05, 0.1) is 18.8 Å². The van der Waals surface area contributed by atoms with Crippen LogP contribution in [0.2, 0.25) is 0 Å². The average Bonchev–Trinajstić information content (AvgIpc) is 2.90. The van der Waals surface area contributed by atoms with Crippen LogP contribution in [0.15, 0.2) is 48.6 Å². The van der Waals surface area contributed by atoms with Gasteiger partial charge in [0.15, 0.2) is 0 Å². The number of hydrogen-bond acceptors (Lipinski definition) is 4. The minimum atomic E-state index is -1.15. The van der Waals surface area contributed by atoms with Gasteiger partial charge in [-0.05, 0) is 64.2 Å². The summed E-state index contributed by atoms with van der Waals surface area (Å²) in [7, 11) is 0. The monoisotopic (exact) mass is 519 g/mol. The Balaban J connectivity index is 3.99. The van der Waals surface area contributed by atoms with E-state index in [1.807, 2.05) is 12.2 Å². The van der Waals surface area contributed by atoms with E-state index in [0.717, 1.165) is 32.1 Å². The lowest BCUT2D eigenvalue weighted by Gasteiger charge is -2.21. The summed E-state index contributed by atoms with van der Waals surface area (Å²) in [6.45, 7) is 4.04. The molecule has 214 valence electrons. The summed E-state index contributed by atoms with van der Waals surface area (Å²) in [5, 5.41) is 32.5. The van der Waals surface area contributed by atoms with Crippen molar-refractivity contribution in [3.8, 4) is 0 Å². The Labute approximate surface area is 227 Å². The van der Waals surface area contributed by atoms with E-state index in [0.29, 0.717) is 12.8 Å². The van der Waals surface area contributed by atoms with Gasteiger partial charge in [0.2, 0.25) is 5.91 Å². The van der Waals surface area contributed by atoms with Gasteiger partial charge in [0, 0.05) is 0 Å². The molecule has 5 heteroatoms. The van der Waals surface area contributed by atoms with Crippen LogP contribution in [0, 0.1) is 0 Å². The molecule has 5 nitrogen and oxygen atoms in total. The Kier molecular flexibility index (Phi) is 26.1. The number of allylic oxidation sites excluding steroid dienone is 7. The third-order valence-corrected chi connectivity index (χ3v) is 6.38. The molecule has 0 saturated heterocycles. The van der Waals surface area contributed by atoms with Gasteiger partial charge < -0.3 is 20.6 Å². The second kappa shape index (κ2) is 27.3. The minimum absolute atomic E-state index is 0.322. The molecule has 0 aromatic heterocycles. The predicted octanol–water partition coefficient (Wildman–Crippen LogP) is 7.08. The van der Waals surface area contributed by atoms with E-state index in [2.05, 4.69) is 49.5 Å². The van der Waals surface area contributed by atoms with Crippen molar-refractivity contribution in [1.82, 2.24) is 5.32 Å². The van der Waals surface area contributed by atoms with Crippen molar-refractivity contribution in [2.24, 2.45) is 0 Å². The molecule has 4 N–H and O–H groups in total. The highest BCUT2D eigenvalue weighted by Gasteiger charge is 2.22. The van der Waals surface area contributed by atoms with Gasteiger partial charge >= 0.3 is 0 Å². The first-order chi connectivity index (χ1) is 18.1. The molecule has 0 rings (SSSR count). The van der Waals surface area contributed by atoms with Crippen LogP contribution in [-0.4, -0.2) is 46.1 Å². The zero-order valence-corrected chi connectivity index (χ0v) is 23.8. The summed E-state index contributed by atoms with van der Waals surface area (Å²) in [6, 6.07) is -0.832. The second-order valence-electron chi connectivity index (χ2n) is 9.93. The molecule has 0 aliphatic heterocycles. The molecule has 3 unspecified atom stereocenters. The molecule has 0 aromatic rings. The standard InChI is InChI=1S/C32H57NO4/c1-3-5-7-9-11-13-14-15-16-17-18-19-21-22-24-26-30(35)29(28-34)33-32(37)31(36)27-25-23-20-12-10-8-6-4-2/h14-15,18-20,23-24,26,29-31,34-36H,3-13,16-17,21-22,25,27-28H2,1-2H3,(H,33,37)/b15-14+,19-18+,23-20-,26-24+. The van der Waals surface area contributed by atoms with Crippen LogP contribution < -0.4 is 5.32 Å². The number of carbonyl (C=O) groups is 1. The smallest absolute Gasteiger partial charge is 0.249 e. The van der Waals surface area contributed by atoms with E-state index >= 15 is 0 Å². The molecule has 0 radical (unpaired) electrons. The van der Waals surface area contributed by atoms with Crippen molar-refractivity contribution in [3.05, 3.63) is 48.6 Å². The molecule has 0 aromatic carbocycles. The van der Waals surface area contributed by atoms with Crippen molar-refractivity contribution in [3.63, 3.8) is 0 Å². The zero-order valence-electron chi connectivity index (χ0n) is 23.8. The van der Waals surface area contributed by atoms with Crippen LogP contribution in [0.5, 0.6) is 0 Å². The first-order valence-electron chi connectivity index (χ1n) is 15.0. The number of nitrogens with one attached hydrogen (secondary N) is 1. The van der Waals surface area contributed by atoms with Crippen LogP contribution >= 0.6 is 0 Å². The Morgan fingerprint density at radius 2 is 1.11 bits per heavy atom. The fourth-order valence-corrected chi connectivity index (χ4v) is 3.92. The Morgan fingerprint density at radius 1 is 0.649 bits per heavy atom. The summed E-state index contributed by atoms with van der Waals surface area (Å²) >= 11 is 0. The molecule has 0 heterocycles. The zero-order chi connectivity index (χ0) is 27.4. The molecule has 0 fully saturated rings. The van der Waals surface area contributed by atoms with Gasteiger partial charge in [-0.25, -0.2) is 0 Å². The summed E-state index contributed by atoms with van der Waals surface area (Å²) < 4.78 is 0. The molecule has 0 spiro atoms. The molecule has 37 heavy (non-hydrogen) atoms. The van der Waals surface area contributed by atoms with E-state index in [1.165, 1.54) is 64.2 Å². The summed E-state index contributed by atoms with van der Waals surface area (Å²) in [6.07, 6.45) is 32.8. The number of rotatable bonds is 25. The lowest BCUT2D eigenvalue weighted by atomic mass is 10.1. The van der Waals surface area contributed by atoms with Gasteiger partial charge in [-0.2, -0.15) is 0 Å². The van der Waals surface area contributed by atoms with Gasteiger partial charge in [0.25, 0.3) is 0 Å². The molecule has 0 bridgehead atoms. The lowest BCUT2D eigenvalue weighted by molar-refractivity contribution is -0.131. The summed E-state index contributed by atoms with van der Waals surface area (Å²) in [5.74, 6) is -0.559. The van der Waals surface area contributed by atoms with Crippen LogP contribution in [0.25, 0.3) is 0 Å². The molecule has 0 aliphatic carbocycles. The van der Waals surface area contributed by atoms with Crippen LogP contribution in [0.3, 0.4) is 0 Å². The van der Waals surface area contributed by atoms with Gasteiger partial charge in [-0.15, -0.1) is 0 Å². The topological polar surface area (TPSA) is 89.8 Å². The molecular weight excluding hydrogens is 462 g/mol. The fourth-order valence-electron chi connectivity index (χ4n) is 3.92. The first-order valence-corrected chi connectivity index (χ1v) is 15.0. The molecule has 3 atom stereocenters. The molecule has 0 saturated carbocycles. The Hall–Kier alpha value is -1.69. The van der Waals surface area contributed by atoms with Crippen LogP contribution in [-0.2, 0) is 4.79 Å². The Bertz CT molecular complexity index is 626. The quantitative estimate of drug-likeness (QED) is 0.0766. The SMILES string of the molecule is CCCCCC/C=C\CCC(O)C(=O)NC(CO)C(O)/C=C/CC/C=C/CC/C=C/CCCCCCC. The molecule has 0 aliphatic rings. The maximum atomic E-state index is 12.2. The number of aliphatic hydroxyl groups excluding tert-OH is 3. The second-order valence-corrected chi connectivity index (χ2v) is 9.93. The van der Waals surface area contributed by atoms with E-state index in [9.17, 15) is 20.1 Å². The molecule has 1 amide bonds. The number of carbonyl (C=O) groups excluding carboxylic acids is 1. The van der Waals surface area contributed by atoms with Gasteiger partial charge in [-0.1, -0.05) is 107 Å². The van der Waals surface area contributed by atoms with Crippen LogP contribution in [0.4, 0.5) is 0 Å². The van der Waals surface area contributed by atoms with Crippen molar-refractivity contribution in [2.45, 2.75) is 141 Å². The highest BCUT2D eigenvalue weighted by molar-refractivity contribution is 5.80. The average molecular weight is 520 g/mol. The third-order valence-electron chi connectivity index (χ3n) is 6.38. The van der Waals surface area contributed by atoms with E-state index in [1.54, 1.807) is 6.08 Å². The maximum absolute atomic E-state index is 12.2. The third kappa shape index (κ3) is 23.2. The van der Waals surface area contributed by atoms with Crippen LogP contribution in [0.1, 0.15) is 123 Å². The predicted molar refractivity (Wildman–Crippen MR) is 157 cm³/mol. The highest BCUT2D eigenvalue weighted by atomic mass is 16.3.